The third-order valence-electron chi connectivity index (χ3n) is 5.94. The monoisotopic (exact) mass is 271 g/mol. The molecule has 1 heterocycles. The molecule has 3 unspecified atom stereocenters. The van der Waals surface area contributed by atoms with Crippen LogP contribution in [0.3, 0.4) is 0 Å². The van der Waals surface area contributed by atoms with Crippen LogP contribution >= 0.6 is 0 Å². The lowest BCUT2D eigenvalue weighted by Crippen LogP contribution is -2.43. The molecule has 1 aliphatic heterocycles. The van der Waals surface area contributed by atoms with Crippen molar-refractivity contribution < 1.29 is 5.11 Å². The van der Waals surface area contributed by atoms with Gasteiger partial charge in [-0.15, -0.1) is 0 Å². The van der Waals surface area contributed by atoms with Gasteiger partial charge in [0.05, 0.1) is 0 Å². The molecule has 2 aliphatic carbocycles. The minimum Gasteiger partial charge on any atom is -0.508 e. The highest BCUT2D eigenvalue weighted by Gasteiger charge is 2.36. The Labute approximate surface area is 121 Å². The molecular formula is C18H25NO. The number of likely N-dealkylation sites (tertiary alicyclic amines) is 1. The molecule has 1 aromatic rings. The second-order valence-electron chi connectivity index (χ2n) is 7.03. The maximum absolute atomic E-state index is 9.63. The molecule has 1 saturated carbocycles. The fourth-order valence-electron chi connectivity index (χ4n) is 4.87. The lowest BCUT2D eigenvalue weighted by Gasteiger charge is -2.43. The van der Waals surface area contributed by atoms with E-state index >= 15 is 0 Å². The lowest BCUT2D eigenvalue weighted by atomic mass is 9.74. The number of hydrogen-bond acceptors (Lipinski definition) is 2. The van der Waals surface area contributed by atoms with Gasteiger partial charge in [-0.2, -0.15) is 0 Å². The second-order valence-corrected chi connectivity index (χ2v) is 7.03. The predicted molar refractivity (Wildman–Crippen MR) is 80.8 cm³/mol. The summed E-state index contributed by atoms with van der Waals surface area (Å²) < 4.78 is 0. The van der Waals surface area contributed by atoms with Crippen molar-refractivity contribution in [3.63, 3.8) is 0 Å². The highest BCUT2D eigenvalue weighted by atomic mass is 16.3. The van der Waals surface area contributed by atoms with Crippen LogP contribution in [0, 0.1) is 11.8 Å². The molecule has 20 heavy (non-hydrogen) atoms. The third-order valence-corrected chi connectivity index (χ3v) is 5.94. The van der Waals surface area contributed by atoms with E-state index in [1.165, 1.54) is 62.7 Å². The van der Waals surface area contributed by atoms with Crippen LogP contribution < -0.4 is 0 Å². The molecule has 0 bridgehead atoms. The van der Waals surface area contributed by atoms with Crippen molar-refractivity contribution in [2.75, 3.05) is 13.1 Å². The fourth-order valence-corrected chi connectivity index (χ4v) is 4.87. The van der Waals surface area contributed by atoms with E-state index in [2.05, 4.69) is 11.0 Å². The quantitative estimate of drug-likeness (QED) is 0.837. The Kier molecular flexibility index (Phi) is 3.22. The minimum absolute atomic E-state index is 0.426. The van der Waals surface area contributed by atoms with Gasteiger partial charge in [0.2, 0.25) is 0 Å². The molecule has 0 amide bonds. The maximum Gasteiger partial charge on any atom is 0.115 e. The van der Waals surface area contributed by atoms with Crippen LogP contribution in [0.1, 0.15) is 55.7 Å². The first-order valence-corrected chi connectivity index (χ1v) is 8.37. The van der Waals surface area contributed by atoms with E-state index < -0.39 is 0 Å². The Balaban J connectivity index is 1.52. The molecule has 2 heteroatoms. The first-order valence-electron chi connectivity index (χ1n) is 8.37. The van der Waals surface area contributed by atoms with Crippen molar-refractivity contribution in [3.05, 3.63) is 29.3 Å². The van der Waals surface area contributed by atoms with Gasteiger partial charge in [-0.1, -0.05) is 25.3 Å². The predicted octanol–water partition coefficient (Wildman–Crippen LogP) is 3.89. The zero-order chi connectivity index (χ0) is 13.5. The summed E-state index contributed by atoms with van der Waals surface area (Å²) in [6.45, 7) is 2.60. The zero-order valence-corrected chi connectivity index (χ0v) is 12.2. The highest BCUT2D eigenvalue weighted by molar-refractivity contribution is 5.40. The third kappa shape index (κ3) is 2.14. The summed E-state index contributed by atoms with van der Waals surface area (Å²) in [6, 6.07) is 6.62. The number of hydrogen-bond donors (Lipinski definition) is 1. The van der Waals surface area contributed by atoms with Gasteiger partial charge in [0.25, 0.3) is 0 Å². The second kappa shape index (κ2) is 5.07. The number of fused-ring (bicyclic) bond motifs is 2. The number of phenolic OH excluding ortho intramolecular Hbond substituents is 1. The molecule has 0 radical (unpaired) electrons. The van der Waals surface area contributed by atoms with Crippen molar-refractivity contribution in [1.29, 1.82) is 0 Å². The Bertz CT molecular complexity index is 498. The molecule has 1 saturated heterocycles. The van der Waals surface area contributed by atoms with Gasteiger partial charge in [-0.25, -0.2) is 0 Å². The topological polar surface area (TPSA) is 23.5 Å². The summed E-state index contributed by atoms with van der Waals surface area (Å²) in [6.07, 6.45) is 9.64. The molecule has 3 aliphatic rings. The lowest BCUT2D eigenvalue weighted by molar-refractivity contribution is 0.0566. The molecular weight excluding hydrogens is 246 g/mol. The number of piperidine rings is 1. The van der Waals surface area contributed by atoms with Gasteiger partial charge in [0.1, 0.15) is 5.75 Å². The van der Waals surface area contributed by atoms with Crippen molar-refractivity contribution in [1.82, 2.24) is 4.90 Å². The largest absolute Gasteiger partial charge is 0.508 e. The van der Waals surface area contributed by atoms with Crippen LogP contribution in [0.5, 0.6) is 5.75 Å². The molecule has 1 N–H and O–H groups in total. The fraction of sp³-hybridized carbons (Fsp3) is 0.667. The van der Waals surface area contributed by atoms with E-state index in [0.29, 0.717) is 11.8 Å². The van der Waals surface area contributed by atoms with E-state index in [1.54, 1.807) is 0 Å². The summed E-state index contributed by atoms with van der Waals surface area (Å²) in [5.41, 5.74) is 2.86. The molecule has 0 aromatic heterocycles. The van der Waals surface area contributed by atoms with Gasteiger partial charge in [-0.3, -0.25) is 4.90 Å². The summed E-state index contributed by atoms with van der Waals surface area (Å²) in [4.78, 5) is 2.75. The first kappa shape index (κ1) is 12.7. The van der Waals surface area contributed by atoms with Crippen molar-refractivity contribution in [2.24, 2.45) is 11.8 Å². The molecule has 4 rings (SSSR count). The SMILES string of the molecule is Oc1ccc2c(c1)CCC2N1CCC2CCCCC2C1. The highest BCUT2D eigenvalue weighted by Crippen LogP contribution is 2.43. The Morgan fingerprint density at radius 1 is 1.00 bits per heavy atom. The molecule has 2 nitrogen and oxygen atoms in total. The zero-order valence-electron chi connectivity index (χ0n) is 12.2. The summed E-state index contributed by atoms with van der Waals surface area (Å²) in [5.74, 6) is 2.40. The van der Waals surface area contributed by atoms with Crippen LogP contribution in [-0.2, 0) is 6.42 Å². The number of rotatable bonds is 1. The van der Waals surface area contributed by atoms with Gasteiger partial charge >= 0.3 is 0 Å². The van der Waals surface area contributed by atoms with Gasteiger partial charge < -0.3 is 5.11 Å². The molecule has 1 aromatic carbocycles. The number of aryl methyl sites for hydroxylation is 1. The van der Waals surface area contributed by atoms with E-state index in [9.17, 15) is 5.11 Å². The average Bonchev–Trinajstić information content (AvgIpc) is 2.89. The number of aromatic hydroxyl groups is 1. The molecule has 2 fully saturated rings. The Morgan fingerprint density at radius 3 is 2.75 bits per heavy atom. The van der Waals surface area contributed by atoms with Crippen LogP contribution in [0.15, 0.2) is 18.2 Å². The molecule has 0 spiro atoms. The van der Waals surface area contributed by atoms with Gasteiger partial charge in [-0.05, 0) is 67.3 Å². The molecule has 108 valence electrons. The number of phenols is 1. The van der Waals surface area contributed by atoms with Crippen molar-refractivity contribution >= 4 is 0 Å². The number of nitrogens with zero attached hydrogens (tertiary/aromatic N) is 1. The van der Waals surface area contributed by atoms with Crippen molar-refractivity contribution in [2.45, 2.75) is 51.0 Å². The summed E-state index contributed by atoms with van der Waals surface area (Å²) in [5, 5.41) is 9.63. The van der Waals surface area contributed by atoms with E-state index in [0.717, 1.165) is 18.3 Å². The summed E-state index contributed by atoms with van der Waals surface area (Å²) in [7, 11) is 0. The molecule has 3 atom stereocenters. The standard InChI is InChI=1S/C18H25NO/c20-16-6-7-17-14(11-16)5-8-18(17)19-10-9-13-3-1-2-4-15(13)12-19/h6-7,11,13,15,18,20H,1-5,8-10,12H2. The summed E-state index contributed by atoms with van der Waals surface area (Å²) >= 11 is 0. The normalized spacial score (nSPS) is 33.7. The van der Waals surface area contributed by atoms with Gasteiger partial charge in [0.15, 0.2) is 0 Å². The van der Waals surface area contributed by atoms with Crippen LogP contribution in [-0.4, -0.2) is 23.1 Å². The first-order chi connectivity index (χ1) is 9.81. The minimum atomic E-state index is 0.426. The van der Waals surface area contributed by atoms with E-state index in [4.69, 9.17) is 0 Å². The van der Waals surface area contributed by atoms with E-state index in [1.807, 2.05) is 12.1 Å². The van der Waals surface area contributed by atoms with Crippen LogP contribution in [0.25, 0.3) is 0 Å². The van der Waals surface area contributed by atoms with Crippen LogP contribution in [0.4, 0.5) is 0 Å². The smallest absolute Gasteiger partial charge is 0.115 e. The van der Waals surface area contributed by atoms with E-state index in [-0.39, 0.29) is 0 Å². The maximum atomic E-state index is 9.63. The Morgan fingerprint density at radius 2 is 1.85 bits per heavy atom. The Hall–Kier alpha value is -1.02. The van der Waals surface area contributed by atoms with Crippen LogP contribution in [0.2, 0.25) is 0 Å². The van der Waals surface area contributed by atoms with Gasteiger partial charge in [0, 0.05) is 12.6 Å². The number of benzene rings is 1. The van der Waals surface area contributed by atoms with Crippen molar-refractivity contribution in [3.8, 4) is 5.75 Å². The average molecular weight is 271 g/mol.